The van der Waals surface area contributed by atoms with Crippen molar-refractivity contribution in [2.75, 3.05) is 13.2 Å². The van der Waals surface area contributed by atoms with Gasteiger partial charge in [-0.15, -0.1) is 0 Å². The van der Waals surface area contributed by atoms with E-state index in [9.17, 15) is 5.11 Å². The van der Waals surface area contributed by atoms with Crippen LogP contribution < -0.4 is 0 Å². The Morgan fingerprint density at radius 2 is 2.00 bits per heavy atom. The van der Waals surface area contributed by atoms with Gasteiger partial charge in [-0.1, -0.05) is 69.2 Å². The van der Waals surface area contributed by atoms with Crippen molar-refractivity contribution < 1.29 is 9.84 Å². The standard InChI is InChI=1S/C17H26O2/c1-3-4-5-9-12-17(2,14-18)15-19-13-16-10-7-6-8-11-16/h6-12,18H,3-5,13-15H2,1-2H3/b12-9+/t17-/m1/s1. The van der Waals surface area contributed by atoms with E-state index in [0.29, 0.717) is 13.2 Å². The number of hydrogen-bond acceptors (Lipinski definition) is 2. The minimum absolute atomic E-state index is 0.115. The summed E-state index contributed by atoms with van der Waals surface area (Å²) in [7, 11) is 0. The van der Waals surface area contributed by atoms with E-state index in [1.807, 2.05) is 37.3 Å². The number of hydrogen-bond donors (Lipinski definition) is 1. The van der Waals surface area contributed by atoms with Gasteiger partial charge < -0.3 is 9.84 Å². The van der Waals surface area contributed by atoms with E-state index in [-0.39, 0.29) is 12.0 Å². The van der Waals surface area contributed by atoms with Crippen molar-refractivity contribution >= 4 is 0 Å². The first kappa shape index (κ1) is 15.9. The maximum atomic E-state index is 9.51. The second kappa shape index (κ2) is 8.89. The van der Waals surface area contributed by atoms with Crippen LogP contribution in [0.25, 0.3) is 0 Å². The van der Waals surface area contributed by atoms with Gasteiger partial charge in [0.2, 0.25) is 0 Å². The smallest absolute Gasteiger partial charge is 0.0717 e. The molecule has 1 atom stereocenters. The number of ether oxygens (including phenoxy) is 1. The van der Waals surface area contributed by atoms with E-state index in [4.69, 9.17) is 4.74 Å². The lowest BCUT2D eigenvalue weighted by Crippen LogP contribution is -2.25. The Labute approximate surface area is 117 Å². The average Bonchev–Trinajstić information content (AvgIpc) is 2.45. The second-order valence-corrected chi connectivity index (χ2v) is 5.34. The third kappa shape index (κ3) is 6.55. The largest absolute Gasteiger partial charge is 0.395 e. The van der Waals surface area contributed by atoms with Crippen molar-refractivity contribution in [3.63, 3.8) is 0 Å². The van der Waals surface area contributed by atoms with E-state index in [2.05, 4.69) is 19.1 Å². The average molecular weight is 262 g/mol. The van der Waals surface area contributed by atoms with Crippen molar-refractivity contribution in [2.24, 2.45) is 5.41 Å². The van der Waals surface area contributed by atoms with Crippen LogP contribution in [0, 0.1) is 5.41 Å². The van der Waals surface area contributed by atoms with E-state index in [0.717, 1.165) is 12.0 Å². The molecule has 0 bridgehead atoms. The van der Waals surface area contributed by atoms with Crippen molar-refractivity contribution in [1.29, 1.82) is 0 Å². The molecule has 2 heteroatoms. The summed E-state index contributed by atoms with van der Waals surface area (Å²) >= 11 is 0. The number of allylic oxidation sites excluding steroid dienone is 1. The predicted molar refractivity (Wildman–Crippen MR) is 80.0 cm³/mol. The molecule has 1 aromatic carbocycles. The lowest BCUT2D eigenvalue weighted by atomic mass is 9.92. The Bertz CT molecular complexity index is 359. The van der Waals surface area contributed by atoms with Crippen LogP contribution in [0.2, 0.25) is 0 Å². The van der Waals surface area contributed by atoms with Gasteiger partial charge in [0.15, 0.2) is 0 Å². The van der Waals surface area contributed by atoms with Crippen LogP contribution in [0.4, 0.5) is 0 Å². The summed E-state index contributed by atoms with van der Waals surface area (Å²) in [4.78, 5) is 0. The van der Waals surface area contributed by atoms with Crippen LogP contribution in [0.5, 0.6) is 0 Å². The molecule has 2 nitrogen and oxygen atoms in total. The third-order valence-electron chi connectivity index (χ3n) is 3.15. The molecule has 0 heterocycles. The molecule has 1 rings (SSSR count). The molecule has 0 radical (unpaired) electrons. The van der Waals surface area contributed by atoms with Gasteiger partial charge in [-0.2, -0.15) is 0 Å². The molecule has 0 unspecified atom stereocenters. The van der Waals surface area contributed by atoms with E-state index < -0.39 is 0 Å². The van der Waals surface area contributed by atoms with Gasteiger partial charge in [0, 0.05) is 5.41 Å². The molecule has 0 aromatic heterocycles. The minimum Gasteiger partial charge on any atom is -0.395 e. The van der Waals surface area contributed by atoms with Crippen molar-refractivity contribution in [3.05, 3.63) is 48.0 Å². The second-order valence-electron chi connectivity index (χ2n) is 5.34. The van der Waals surface area contributed by atoms with Crippen LogP contribution in [0.1, 0.15) is 38.7 Å². The first-order valence-corrected chi connectivity index (χ1v) is 7.10. The highest BCUT2D eigenvalue weighted by Gasteiger charge is 2.19. The lowest BCUT2D eigenvalue weighted by Gasteiger charge is -2.23. The van der Waals surface area contributed by atoms with E-state index in [1.54, 1.807) is 0 Å². The summed E-state index contributed by atoms with van der Waals surface area (Å²) < 4.78 is 5.72. The van der Waals surface area contributed by atoms with Crippen LogP contribution in [-0.4, -0.2) is 18.3 Å². The molecule has 0 fully saturated rings. The Kier molecular flexibility index (Phi) is 7.46. The Morgan fingerprint density at radius 1 is 1.26 bits per heavy atom. The molecule has 0 saturated carbocycles. The summed E-state index contributed by atoms with van der Waals surface area (Å²) in [6.07, 6.45) is 7.72. The normalized spacial score (nSPS) is 14.7. The molecule has 0 aliphatic carbocycles. The monoisotopic (exact) mass is 262 g/mol. The molecule has 1 N–H and O–H groups in total. The molecule has 0 aliphatic heterocycles. The minimum atomic E-state index is -0.275. The van der Waals surface area contributed by atoms with Crippen LogP contribution in [0.3, 0.4) is 0 Å². The fourth-order valence-electron chi connectivity index (χ4n) is 1.81. The lowest BCUT2D eigenvalue weighted by molar-refractivity contribution is 0.0348. The molecule has 0 spiro atoms. The summed E-state index contributed by atoms with van der Waals surface area (Å²) in [5.41, 5.74) is 0.889. The predicted octanol–water partition coefficient (Wildman–Crippen LogP) is 3.95. The van der Waals surface area contributed by atoms with Gasteiger partial charge >= 0.3 is 0 Å². The van der Waals surface area contributed by atoms with Crippen molar-refractivity contribution in [3.8, 4) is 0 Å². The highest BCUT2D eigenvalue weighted by Crippen LogP contribution is 2.19. The van der Waals surface area contributed by atoms with Crippen molar-refractivity contribution in [2.45, 2.75) is 39.7 Å². The van der Waals surface area contributed by atoms with Gasteiger partial charge in [0.05, 0.1) is 19.8 Å². The summed E-state index contributed by atoms with van der Waals surface area (Å²) in [6, 6.07) is 10.1. The molecule has 0 amide bonds. The first-order chi connectivity index (χ1) is 9.20. The first-order valence-electron chi connectivity index (χ1n) is 7.10. The fraction of sp³-hybridized carbons (Fsp3) is 0.529. The highest BCUT2D eigenvalue weighted by molar-refractivity contribution is 5.13. The molecular weight excluding hydrogens is 236 g/mol. The van der Waals surface area contributed by atoms with Gasteiger partial charge in [0.1, 0.15) is 0 Å². The Morgan fingerprint density at radius 3 is 2.63 bits per heavy atom. The molecule has 0 saturated heterocycles. The van der Waals surface area contributed by atoms with Gasteiger partial charge in [-0.25, -0.2) is 0 Å². The SMILES string of the molecule is CCCC/C=C/[C@](C)(CO)COCc1ccccc1. The maximum absolute atomic E-state index is 9.51. The molecule has 0 aliphatic rings. The number of aliphatic hydroxyl groups excluding tert-OH is 1. The molecule has 106 valence electrons. The van der Waals surface area contributed by atoms with Gasteiger partial charge in [0.25, 0.3) is 0 Å². The number of rotatable bonds is 9. The number of unbranched alkanes of at least 4 members (excludes halogenated alkanes) is 2. The number of aliphatic hydroxyl groups is 1. The summed E-state index contributed by atoms with van der Waals surface area (Å²) in [6.45, 7) is 5.47. The highest BCUT2D eigenvalue weighted by atomic mass is 16.5. The topological polar surface area (TPSA) is 29.5 Å². The Balaban J connectivity index is 2.36. The van der Waals surface area contributed by atoms with Gasteiger partial charge in [-0.3, -0.25) is 0 Å². The summed E-state index contributed by atoms with van der Waals surface area (Å²) in [5.74, 6) is 0. The molecule has 1 aromatic rings. The molecular formula is C17H26O2. The quantitative estimate of drug-likeness (QED) is 0.539. The van der Waals surface area contributed by atoms with Crippen molar-refractivity contribution in [1.82, 2.24) is 0 Å². The van der Waals surface area contributed by atoms with Crippen LogP contribution >= 0.6 is 0 Å². The third-order valence-corrected chi connectivity index (χ3v) is 3.15. The van der Waals surface area contributed by atoms with Crippen LogP contribution in [0.15, 0.2) is 42.5 Å². The van der Waals surface area contributed by atoms with Crippen LogP contribution in [-0.2, 0) is 11.3 Å². The van der Waals surface area contributed by atoms with Gasteiger partial charge in [-0.05, 0) is 12.0 Å². The zero-order chi connectivity index (χ0) is 14.0. The zero-order valence-corrected chi connectivity index (χ0v) is 12.1. The van der Waals surface area contributed by atoms with E-state index in [1.165, 1.54) is 12.8 Å². The number of benzene rings is 1. The fourth-order valence-corrected chi connectivity index (χ4v) is 1.81. The zero-order valence-electron chi connectivity index (χ0n) is 12.1. The summed E-state index contributed by atoms with van der Waals surface area (Å²) in [5, 5.41) is 9.51. The Hall–Kier alpha value is -1.12. The van der Waals surface area contributed by atoms with E-state index >= 15 is 0 Å². The maximum Gasteiger partial charge on any atom is 0.0717 e. The molecule has 19 heavy (non-hydrogen) atoms.